The molecule has 1 fully saturated rings. The lowest BCUT2D eigenvalue weighted by molar-refractivity contribution is -0.128. The number of amides is 1. The van der Waals surface area contributed by atoms with Crippen molar-refractivity contribution in [1.29, 1.82) is 0 Å². The van der Waals surface area contributed by atoms with Crippen molar-refractivity contribution in [3.8, 4) is 0 Å². The summed E-state index contributed by atoms with van der Waals surface area (Å²) in [4.78, 5) is 13.0. The summed E-state index contributed by atoms with van der Waals surface area (Å²) in [5.74, 6) is 0.170. The van der Waals surface area contributed by atoms with Crippen LogP contribution in [0.1, 0.15) is 19.8 Å². The van der Waals surface area contributed by atoms with Crippen LogP contribution in [0.3, 0.4) is 0 Å². The van der Waals surface area contributed by atoms with E-state index in [9.17, 15) is 4.79 Å². The minimum absolute atomic E-state index is 0.170. The molecule has 1 heterocycles. The van der Waals surface area contributed by atoms with Gasteiger partial charge in [0, 0.05) is 45.7 Å². The molecule has 0 aromatic carbocycles. The zero-order valence-electron chi connectivity index (χ0n) is 11.2. The van der Waals surface area contributed by atoms with Gasteiger partial charge in [0.25, 0.3) is 0 Å². The molecule has 100 valence electrons. The first-order valence-corrected chi connectivity index (χ1v) is 6.34. The number of rotatable bonds is 6. The maximum absolute atomic E-state index is 11.4. The normalized spacial score (nSPS) is 22.2. The van der Waals surface area contributed by atoms with Gasteiger partial charge >= 0.3 is 0 Å². The first-order valence-electron chi connectivity index (χ1n) is 6.34. The number of nitrogens with zero attached hydrogens (tertiary/aromatic N) is 1. The average molecular weight is 243 g/mol. The molecule has 1 rings (SSSR count). The average Bonchev–Trinajstić information content (AvgIpc) is 2.30. The summed E-state index contributed by atoms with van der Waals surface area (Å²) in [6, 6.07) is 0.847. The van der Waals surface area contributed by atoms with E-state index in [1.54, 1.807) is 19.0 Å². The Balaban J connectivity index is 2.08. The Bertz CT molecular complexity index is 228. The predicted molar refractivity (Wildman–Crippen MR) is 68.0 cm³/mol. The van der Waals surface area contributed by atoms with Gasteiger partial charge in [-0.3, -0.25) is 4.79 Å². The number of hydrogen-bond acceptors (Lipinski definition) is 4. The summed E-state index contributed by atoms with van der Waals surface area (Å²) >= 11 is 0. The van der Waals surface area contributed by atoms with E-state index in [2.05, 4.69) is 17.6 Å². The third-order valence-corrected chi connectivity index (χ3v) is 2.97. The van der Waals surface area contributed by atoms with Crippen molar-refractivity contribution in [2.75, 3.05) is 40.4 Å². The minimum Gasteiger partial charge on any atom is -0.379 e. The van der Waals surface area contributed by atoms with Crippen LogP contribution in [0.25, 0.3) is 0 Å². The molecule has 2 N–H and O–H groups in total. The van der Waals surface area contributed by atoms with Crippen LogP contribution in [0.15, 0.2) is 0 Å². The van der Waals surface area contributed by atoms with E-state index in [0.29, 0.717) is 18.5 Å². The van der Waals surface area contributed by atoms with Crippen LogP contribution in [-0.2, 0) is 9.53 Å². The van der Waals surface area contributed by atoms with Crippen LogP contribution < -0.4 is 10.6 Å². The van der Waals surface area contributed by atoms with E-state index in [-0.39, 0.29) is 5.91 Å². The number of carbonyl (C=O) groups excluding carboxylic acids is 1. The predicted octanol–water partition coefficient (Wildman–Crippen LogP) is -0.179. The summed E-state index contributed by atoms with van der Waals surface area (Å²) in [5, 5.41) is 6.80. The molecule has 5 nitrogen and oxygen atoms in total. The smallest absolute Gasteiger partial charge is 0.223 e. The SMILES string of the molecule is CC(CC1COCCN1)NCCC(=O)N(C)C. The highest BCUT2D eigenvalue weighted by Crippen LogP contribution is 2.02. The fourth-order valence-corrected chi connectivity index (χ4v) is 1.93. The molecule has 0 aliphatic carbocycles. The summed E-state index contributed by atoms with van der Waals surface area (Å²) in [6.07, 6.45) is 1.60. The standard InChI is InChI=1S/C12H25N3O2/c1-10(8-11-9-17-7-6-14-11)13-5-4-12(16)15(2)3/h10-11,13-14H,4-9H2,1-3H3. The summed E-state index contributed by atoms with van der Waals surface area (Å²) in [5.41, 5.74) is 0. The van der Waals surface area contributed by atoms with Gasteiger partial charge in [-0.05, 0) is 13.3 Å². The second kappa shape index (κ2) is 7.63. The van der Waals surface area contributed by atoms with Gasteiger partial charge in [0.15, 0.2) is 0 Å². The van der Waals surface area contributed by atoms with Gasteiger partial charge in [0.1, 0.15) is 0 Å². The summed E-state index contributed by atoms with van der Waals surface area (Å²) < 4.78 is 5.41. The molecule has 0 aromatic rings. The topological polar surface area (TPSA) is 53.6 Å². The lowest BCUT2D eigenvalue weighted by atomic mass is 10.1. The highest BCUT2D eigenvalue weighted by Gasteiger charge is 2.16. The molecular formula is C12H25N3O2. The molecule has 2 atom stereocenters. The van der Waals surface area contributed by atoms with Crippen LogP contribution in [0.5, 0.6) is 0 Å². The Morgan fingerprint density at radius 3 is 2.94 bits per heavy atom. The molecule has 1 aliphatic heterocycles. The highest BCUT2D eigenvalue weighted by molar-refractivity contribution is 5.75. The second-order valence-corrected chi connectivity index (χ2v) is 4.86. The lowest BCUT2D eigenvalue weighted by Gasteiger charge is -2.26. The van der Waals surface area contributed by atoms with Gasteiger partial charge in [-0.15, -0.1) is 0 Å². The molecule has 1 saturated heterocycles. The Labute approximate surface area is 104 Å². The molecule has 0 saturated carbocycles. The van der Waals surface area contributed by atoms with Gasteiger partial charge in [-0.2, -0.15) is 0 Å². The number of ether oxygens (including phenoxy) is 1. The third-order valence-electron chi connectivity index (χ3n) is 2.97. The van der Waals surface area contributed by atoms with E-state index >= 15 is 0 Å². The number of carbonyl (C=O) groups is 1. The maximum Gasteiger partial charge on any atom is 0.223 e. The van der Waals surface area contributed by atoms with Crippen molar-refractivity contribution in [3.63, 3.8) is 0 Å². The van der Waals surface area contributed by atoms with E-state index in [1.165, 1.54) is 0 Å². The molecule has 0 radical (unpaired) electrons. The molecule has 1 aliphatic rings. The van der Waals surface area contributed by atoms with Gasteiger partial charge in [-0.25, -0.2) is 0 Å². The van der Waals surface area contributed by atoms with Crippen LogP contribution in [0, 0.1) is 0 Å². The molecule has 0 aromatic heterocycles. The van der Waals surface area contributed by atoms with E-state index in [1.807, 2.05) is 0 Å². The molecule has 0 bridgehead atoms. The van der Waals surface area contributed by atoms with Crippen LogP contribution in [-0.4, -0.2) is 63.3 Å². The molecule has 2 unspecified atom stereocenters. The first kappa shape index (κ1) is 14.4. The van der Waals surface area contributed by atoms with Crippen molar-refractivity contribution in [1.82, 2.24) is 15.5 Å². The van der Waals surface area contributed by atoms with Crippen molar-refractivity contribution in [2.45, 2.75) is 31.8 Å². The summed E-state index contributed by atoms with van der Waals surface area (Å²) in [6.45, 7) is 5.44. The van der Waals surface area contributed by atoms with Crippen LogP contribution >= 0.6 is 0 Å². The van der Waals surface area contributed by atoms with Crippen LogP contribution in [0.4, 0.5) is 0 Å². The quantitative estimate of drug-likeness (QED) is 0.679. The Kier molecular flexibility index (Phi) is 6.47. The van der Waals surface area contributed by atoms with E-state index < -0.39 is 0 Å². The van der Waals surface area contributed by atoms with Gasteiger partial charge in [-0.1, -0.05) is 0 Å². The molecule has 5 heteroatoms. The Morgan fingerprint density at radius 2 is 2.35 bits per heavy atom. The van der Waals surface area contributed by atoms with Crippen molar-refractivity contribution in [3.05, 3.63) is 0 Å². The zero-order valence-corrected chi connectivity index (χ0v) is 11.2. The Morgan fingerprint density at radius 1 is 1.59 bits per heavy atom. The lowest BCUT2D eigenvalue weighted by Crippen LogP contribution is -2.45. The van der Waals surface area contributed by atoms with E-state index in [0.717, 1.165) is 32.7 Å². The third kappa shape index (κ3) is 6.00. The molecular weight excluding hydrogens is 218 g/mol. The zero-order chi connectivity index (χ0) is 12.7. The Hall–Kier alpha value is -0.650. The summed E-state index contributed by atoms with van der Waals surface area (Å²) in [7, 11) is 3.57. The van der Waals surface area contributed by atoms with Gasteiger partial charge < -0.3 is 20.3 Å². The fraction of sp³-hybridized carbons (Fsp3) is 0.917. The molecule has 17 heavy (non-hydrogen) atoms. The maximum atomic E-state index is 11.4. The van der Waals surface area contributed by atoms with Crippen molar-refractivity contribution < 1.29 is 9.53 Å². The van der Waals surface area contributed by atoms with Gasteiger partial charge in [0.05, 0.1) is 13.2 Å². The minimum atomic E-state index is 0.170. The largest absolute Gasteiger partial charge is 0.379 e. The number of morpholine rings is 1. The fourth-order valence-electron chi connectivity index (χ4n) is 1.93. The molecule has 0 spiro atoms. The first-order chi connectivity index (χ1) is 8.09. The number of hydrogen-bond donors (Lipinski definition) is 2. The highest BCUT2D eigenvalue weighted by atomic mass is 16.5. The van der Waals surface area contributed by atoms with Gasteiger partial charge in [0.2, 0.25) is 5.91 Å². The van der Waals surface area contributed by atoms with Crippen molar-refractivity contribution >= 4 is 5.91 Å². The van der Waals surface area contributed by atoms with Crippen molar-refractivity contribution in [2.24, 2.45) is 0 Å². The second-order valence-electron chi connectivity index (χ2n) is 4.86. The van der Waals surface area contributed by atoms with E-state index in [4.69, 9.17) is 4.74 Å². The molecule has 1 amide bonds. The monoisotopic (exact) mass is 243 g/mol. The number of nitrogens with one attached hydrogen (secondary N) is 2. The van der Waals surface area contributed by atoms with Crippen LogP contribution in [0.2, 0.25) is 0 Å².